The molecule has 1 aromatic carbocycles. The van der Waals surface area contributed by atoms with Crippen LogP contribution in [0.25, 0.3) is 5.69 Å². The Morgan fingerprint density at radius 2 is 2.11 bits per heavy atom. The Labute approximate surface area is 106 Å². The molecule has 0 bridgehead atoms. The minimum absolute atomic E-state index is 0.0269. The summed E-state index contributed by atoms with van der Waals surface area (Å²) in [4.78, 5) is 13.3. The highest BCUT2D eigenvalue weighted by Crippen LogP contribution is 2.07. The van der Waals surface area contributed by atoms with E-state index in [0.717, 1.165) is 18.5 Å². The minimum atomic E-state index is 0.0269. The van der Waals surface area contributed by atoms with E-state index < -0.39 is 0 Å². The molecule has 0 aliphatic heterocycles. The van der Waals surface area contributed by atoms with Crippen LogP contribution in [0.3, 0.4) is 0 Å². The molecular formula is C14H15N3O. The second kappa shape index (κ2) is 5.91. The fraction of sp³-hybridized carbons (Fsp3) is 0.214. The number of rotatable bonds is 6. The number of unbranched alkanes of at least 4 members (excludes halogenated alkanes) is 1. The lowest BCUT2D eigenvalue weighted by Crippen LogP contribution is -2.03. The van der Waals surface area contributed by atoms with Gasteiger partial charge in [-0.25, -0.2) is 0 Å². The molecule has 4 nitrogen and oxygen atoms in total. The van der Waals surface area contributed by atoms with Gasteiger partial charge in [-0.2, -0.15) is 9.90 Å². The molecule has 1 aromatic heterocycles. The predicted octanol–water partition coefficient (Wildman–Crippen LogP) is 2.81. The maximum Gasteiger partial charge on any atom is 0.184 e. The fourth-order valence-electron chi connectivity index (χ4n) is 1.61. The van der Waals surface area contributed by atoms with Crippen LogP contribution in [0.1, 0.15) is 29.8 Å². The van der Waals surface area contributed by atoms with Gasteiger partial charge in [-0.15, -0.1) is 11.7 Å². The van der Waals surface area contributed by atoms with Crippen LogP contribution in [0.15, 0.2) is 49.2 Å². The standard InChI is InChI=1S/C14H15N3O/c1-2-3-5-10-14(18)13-11-15-17(16-13)12-8-6-4-7-9-12/h2,4,6-9,11H,1,3,5,10H2. The lowest BCUT2D eigenvalue weighted by atomic mass is 10.1. The first-order valence-electron chi connectivity index (χ1n) is 5.93. The zero-order chi connectivity index (χ0) is 12.8. The number of carbonyl (C=O) groups is 1. The van der Waals surface area contributed by atoms with Crippen LogP contribution in [0.5, 0.6) is 0 Å². The highest BCUT2D eigenvalue weighted by molar-refractivity contribution is 5.93. The van der Waals surface area contributed by atoms with Crippen molar-refractivity contribution in [1.82, 2.24) is 15.0 Å². The van der Waals surface area contributed by atoms with Gasteiger partial charge >= 0.3 is 0 Å². The van der Waals surface area contributed by atoms with E-state index in [1.54, 1.807) is 0 Å². The Morgan fingerprint density at radius 1 is 1.33 bits per heavy atom. The Balaban J connectivity index is 2.06. The number of allylic oxidation sites excluding steroid dienone is 1. The Bertz CT molecular complexity index is 531. The number of para-hydroxylation sites is 1. The smallest absolute Gasteiger partial charge is 0.184 e. The molecule has 0 atom stereocenters. The lowest BCUT2D eigenvalue weighted by molar-refractivity contribution is 0.0975. The number of aromatic nitrogens is 3. The number of hydrogen-bond donors (Lipinski definition) is 0. The molecule has 2 rings (SSSR count). The average molecular weight is 241 g/mol. The number of benzene rings is 1. The second-order valence-corrected chi connectivity index (χ2v) is 3.96. The van der Waals surface area contributed by atoms with Crippen LogP contribution in [0, 0.1) is 0 Å². The van der Waals surface area contributed by atoms with Gasteiger partial charge in [-0.1, -0.05) is 24.3 Å². The van der Waals surface area contributed by atoms with Gasteiger partial charge in [0, 0.05) is 6.42 Å². The van der Waals surface area contributed by atoms with Gasteiger partial charge < -0.3 is 0 Å². The summed E-state index contributed by atoms with van der Waals surface area (Å²) >= 11 is 0. The van der Waals surface area contributed by atoms with Crippen LogP contribution in [0.4, 0.5) is 0 Å². The van der Waals surface area contributed by atoms with Crippen molar-refractivity contribution in [3.05, 3.63) is 54.9 Å². The summed E-state index contributed by atoms with van der Waals surface area (Å²) in [5, 5.41) is 8.29. The van der Waals surface area contributed by atoms with Crippen molar-refractivity contribution < 1.29 is 4.79 Å². The molecule has 2 aromatic rings. The summed E-state index contributed by atoms with van der Waals surface area (Å²) in [6, 6.07) is 9.53. The number of Topliss-reactive ketones (excluding diaryl/α,β-unsaturated/α-hetero) is 1. The normalized spacial score (nSPS) is 10.2. The zero-order valence-corrected chi connectivity index (χ0v) is 10.1. The van der Waals surface area contributed by atoms with Gasteiger partial charge in [0.1, 0.15) is 5.69 Å². The molecule has 18 heavy (non-hydrogen) atoms. The first-order chi connectivity index (χ1) is 8.81. The molecule has 4 heteroatoms. The SMILES string of the molecule is C=CCCCC(=O)c1cnn(-c2ccccc2)n1. The van der Waals surface area contributed by atoms with Crippen LogP contribution in [-0.4, -0.2) is 20.8 Å². The van der Waals surface area contributed by atoms with Crippen LogP contribution < -0.4 is 0 Å². The molecule has 0 saturated heterocycles. The molecule has 0 saturated carbocycles. The summed E-state index contributed by atoms with van der Waals surface area (Å²) < 4.78 is 0. The van der Waals surface area contributed by atoms with E-state index in [1.165, 1.54) is 11.0 Å². The molecule has 92 valence electrons. The van der Waals surface area contributed by atoms with E-state index >= 15 is 0 Å². The maximum absolute atomic E-state index is 11.8. The summed E-state index contributed by atoms with van der Waals surface area (Å²) in [5.74, 6) is 0.0269. The van der Waals surface area contributed by atoms with Crippen LogP contribution >= 0.6 is 0 Å². The van der Waals surface area contributed by atoms with Crippen molar-refractivity contribution in [1.29, 1.82) is 0 Å². The van der Waals surface area contributed by atoms with Gasteiger partial charge in [0.2, 0.25) is 0 Å². The van der Waals surface area contributed by atoms with Crippen molar-refractivity contribution in [3.63, 3.8) is 0 Å². The predicted molar refractivity (Wildman–Crippen MR) is 69.7 cm³/mol. The highest BCUT2D eigenvalue weighted by Gasteiger charge is 2.10. The van der Waals surface area contributed by atoms with E-state index in [-0.39, 0.29) is 5.78 Å². The molecule has 0 N–H and O–H groups in total. The summed E-state index contributed by atoms with van der Waals surface area (Å²) in [6.07, 6.45) is 5.47. The fourth-order valence-corrected chi connectivity index (χ4v) is 1.61. The van der Waals surface area contributed by atoms with Crippen molar-refractivity contribution in [2.24, 2.45) is 0 Å². The number of nitrogens with zero attached hydrogens (tertiary/aromatic N) is 3. The van der Waals surface area contributed by atoms with E-state index in [1.807, 2.05) is 36.4 Å². The molecule has 1 heterocycles. The average Bonchev–Trinajstić information content (AvgIpc) is 2.89. The number of hydrogen-bond acceptors (Lipinski definition) is 3. The third-order valence-electron chi connectivity index (χ3n) is 2.58. The van der Waals surface area contributed by atoms with Crippen LogP contribution in [-0.2, 0) is 0 Å². The lowest BCUT2D eigenvalue weighted by Gasteiger charge is -1.97. The third kappa shape index (κ3) is 2.91. The number of ketones is 1. The van der Waals surface area contributed by atoms with Gasteiger partial charge in [0.25, 0.3) is 0 Å². The van der Waals surface area contributed by atoms with E-state index in [9.17, 15) is 4.79 Å². The quantitative estimate of drug-likeness (QED) is 0.444. The second-order valence-electron chi connectivity index (χ2n) is 3.96. The molecule has 0 unspecified atom stereocenters. The molecule has 0 spiro atoms. The van der Waals surface area contributed by atoms with Crippen LogP contribution in [0.2, 0.25) is 0 Å². The Morgan fingerprint density at radius 3 is 2.83 bits per heavy atom. The Hall–Kier alpha value is -2.23. The molecule has 0 fully saturated rings. The minimum Gasteiger partial charge on any atom is -0.292 e. The molecule has 0 radical (unpaired) electrons. The molecular weight excluding hydrogens is 226 g/mol. The van der Waals surface area contributed by atoms with E-state index in [0.29, 0.717) is 12.1 Å². The van der Waals surface area contributed by atoms with Gasteiger partial charge in [0.05, 0.1) is 11.9 Å². The maximum atomic E-state index is 11.8. The molecule has 0 aliphatic rings. The first-order valence-corrected chi connectivity index (χ1v) is 5.93. The van der Waals surface area contributed by atoms with Gasteiger partial charge in [0.15, 0.2) is 5.78 Å². The third-order valence-corrected chi connectivity index (χ3v) is 2.58. The van der Waals surface area contributed by atoms with Gasteiger partial charge in [-0.05, 0) is 25.0 Å². The van der Waals surface area contributed by atoms with Crippen molar-refractivity contribution >= 4 is 5.78 Å². The monoisotopic (exact) mass is 241 g/mol. The molecule has 0 amide bonds. The summed E-state index contributed by atoms with van der Waals surface area (Å²) in [6.45, 7) is 3.63. The van der Waals surface area contributed by atoms with E-state index in [2.05, 4.69) is 16.8 Å². The van der Waals surface area contributed by atoms with Crippen molar-refractivity contribution in [3.8, 4) is 5.69 Å². The van der Waals surface area contributed by atoms with Crippen molar-refractivity contribution in [2.45, 2.75) is 19.3 Å². The summed E-state index contributed by atoms with van der Waals surface area (Å²) in [5.41, 5.74) is 1.27. The Kier molecular flexibility index (Phi) is 4.02. The summed E-state index contributed by atoms with van der Waals surface area (Å²) in [7, 11) is 0. The van der Waals surface area contributed by atoms with E-state index in [4.69, 9.17) is 0 Å². The van der Waals surface area contributed by atoms with Gasteiger partial charge in [-0.3, -0.25) is 4.79 Å². The largest absolute Gasteiger partial charge is 0.292 e. The first kappa shape index (κ1) is 12.2. The number of carbonyl (C=O) groups excluding carboxylic acids is 1. The zero-order valence-electron chi connectivity index (χ0n) is 10.1. The highest BCUT2D eigenvalue weighted by atomic mass is 16.1. The van der Waals surface area contributed by atoms with Crippen molar-refractivity contribution in [2.75, 3.05) is 0 Å². The topological polar surface area (TPSA) is 47.8 Å². The molecule has 0 aliphatic carbocycles.